The predicted octanol–water partition coefficient (Wildman–Crippen LogP) is 5.44. The van der Waals surface area contributed by atoms with Crippen LogP contribution in [0.2, 0.25) is 0 Å². The molecule has 6 nitrogen and oxygen atoms in total. The predicted molar refractivity (Wildman–Crippen MR) is 141 cm³/mol. The average Bonchev–Trinajstić information content (AvgIpc) is 2.80. The summed E-state index contributed by atoms with van der Waals surface area (Å²) in [6.45, 7) is 8.80. The van der Waals surface area contributed by atoms with Crippen molar-refractivity contribution in [3.8, 4) is 5.75 Å². The number of carbonyl (C=O) groups excluding carboxylic acids is 1. The van der Waals surface area contributed by atoms with Gasteiger partial charge in [-0.1, -0.05) is 60.2 Å². The molecule has 1 atom stereocenters. The SMILES string of the molecule is Cc1ccc(S(=O)(=O)Oc2ccc(CC(CNCc3ccccc3)CC(=O)OC(C)(C)C)cc2)cc1. The van der Waals surface area contributed by atoms with E-state index in [0.29, 0.717) is 19.5 Å². The third-order valence-electron chi connectivity index (χ3n) is 5.44. The molecule has 3 aromatic carbocycles. The zero-order chi connectivity index (χ0) is 26.2. The average molecular weight is 510 g/mol. The molecule has 0 saturated carbocycles. The Morgan fingerprint density at radius 1 is 0.889 bits per heavy atom. The molecule has 0 aliphatic carbocycles. The van der Waals surface area contributed by atoms with Gasteiger partial charge >= 0.3 is 16.1 Å². The van der Waals surface area contributed by atoms with Gasteiger partial charge < -0.3 is 14.2 Å². The van der Waals surface area contributed by atoms with Gasteiger partial charge in [0.25, 0.3) is 0 Å². The Kier molecular flexibility index (Phi) is 9.29. The summed E-state index contributed by atoms with van der Waals surface area (Å²) in [5, 5.41) is 3.44. The van der Waals surface area contributed by atoms with Crippen molar-refractivity contribution in [1.29, 1.82) is 0 Å². The number of ether oxygens (including phenoxy) is 1. The van der Waals surface area contributed by atoms with Crippen molar-refractivity contribution in [3.63, 3.8) is 0 Å². The summed E-state index contributed by atoms with van der Waals surface area (Å²) in [6, 6.07) is 23.6. The van der Waals surface area contributed by atoms with E-state index in [1.165, 1.54) is 17.7 Å². The van der Waals surface area contributed by atoms with E-state index in [4.69, 9.17) is 8.92 Å². The summed E-state index contributed by atoms with van der Waals surface area (Å²) >= 11 is 0. The van der Waals surface area contributed by atoms with Crippen LogP contribution in [0.4, 0.5) is 0 Å². The Balaban J connectivity index is 1.64. The molecule has 1 N–H and O–H groups in total. The van der Waals surface area contributed by atoms with Crippen LogP contribution in [0.3, 0.4) is 0 Å². The minimum atomic E-state index is -3.91. The number of hydrogen-bond acceptors (Lipinski definition) is 6. The topological polar surface area (TPSA) is 81.7 Å². The highest BCUT2D eigenvalue weighted by molar-refractivity contribution is 7.87. The molecule has 0 aliphatic heterocycles. The lowest BCUT2D eigenvalue weighted by Gasteiger charge is -2.23. The fraction of sp³-hybridized carbons (Fsp3) is 0.345. The number of benzene rings is 3. The summed E-state index contributed by atoms with van der Waals surface area (Å²) in [5.41, 5.74) is 2.58. The van der Waals surface area contributed by atoms with Gasteiger partial charge in [0.2, 0.25) is 0 Å². The van der Waals surface area contributed by atoms with E-state index < -0.39 is 15.7 Å². The molecule has 0 saturated heterocycles. The monoisotopic (exact) mass is 509 g/mol. The highest BCUT2D eigenvalue weighted by atomic mass is 32.2. The van der Waals surface area contributed by atoms with Gasteiger partial charge in [-0.25, -0.2) is 0 Å². The summed E-state index contributed by atoms with van der Waals surface area (Å²) in [5.74, 6) is 0.00926. The quantitative estimate of drug-likeness (QED) is 0.274. The number of esters is 1. The van der Waals surface area contributed by atoms with Crippen LogP contribution >= 0.6 is 0 Å². The maximum atomic E-state index is 12.6. The Morgan fingerprint density at radius 3 is 2.14 bits per heavy atom. The van der Waals surface area contributed by atoms with Gasteiger partial charge in [0.1, 0.15) is 16.2 Å². The number of nitrogens with one attached hydrogen (secondary N) is 1. The second kappa shape index (κ2) is 12.2. The van der Waals surface area contributed by atoms with Crippen molar-refractivity contribution in [2.75, 3.05) is 6.54 Å². The molecule has 36 heavy (non-hydrogen) atoms. The third-order valence-corrected chi connectivity index (χ3v) is 6.71. The number of aryl methyl sites for hydroxylation is 1. The van der Waals surface area contributed by atoms with Crippen molar-refractivity contribution in [2.45, 2.75) is 57.6 Å². The van der Waals surface area contributed by atoms with Gasteiger partial charge in [-0.3, -0.25) is 4.79 Å². The Hall–Kier alpha value is -3.16. The minimum absolute atomic E-state index is 0.00613. The zero-order valence-electron chi connectivity index (χ0n) is 21.4. The lowest BCUT2D eigenvalue weighted by Crippen LogP contribution is -2.30. The van der Waals surface area contributed by atoms with Gasteiger partial charge in [-0.2, -0.15) is 8.42 Å². The lowest BCUT2D eigenvalue weighted by atomic mass is 9.95. The maximum Gasteiger partial charge on any atom is 0.339 e. The minimum Gasteiger partial charge on any atom is -0.460 e. The van der Waals surface area contributed by atoms with Crippen LogP contribution < -0.4 is 9.50 Å². The summed E-state index contributed by atoms with van der Waals surface area (Å²) in [6.07, 6.45) is 0.908. The molecule has 192 valence electrons. The van der Waals surface area contributed by atoms with Crippen LogP contribution in [-0.4, -0.2) is 26.5 Å². The van der Waals surface area contributed by atoms with Crippen molar-refractivity contribution in [1.82, 2.24) is 5.32 Å². The second-order valence-corrected chi connectivity index (χ2v) is 11.5. The molecule has 0 amide bonds. The van der Waals surface area contributed by atoms with Crippen molar-refractivity contribution < 1.29 is 22.1 Å². The molecular formula is C29H35NO5S. The van der Waals surface area contributed by atoms with Crippen LogP contribution in [0.15, 0.2) is 83.8 Å². The first-order chi connectivity index (χ1) is 17.0. The van der Waals surface area contributed by atoms with Crippen LogP contribution in [0.25, 0.3) is 0 Å². The molecule has 0 radical (unpaired) electrons. The third kappa shape index (κ3) is 9.13. The lowest BCUT2D eigenvalue weighted by molar-refractivity contribution is -0.155. The van der Waals surface area contributed by atoms with Crippen LogP contribution in [0.1, 0.15) is 43.9 Å². The van der Waals surface area contributed by atoms with Crippen molar-refractivity contribution in [2.24, 2.45) is 5.92 Å². The van der Waals surface area contributed by atoms with Gasteiger partial charge in [0, 0.05) is 13.0 Å². The molecular weight excluding hydrogens is 474 g/mol. The molecule has 3 aromatic rings. The molecule has 3 rings (SSSR count). The molecule has 0 aromatic heterocycles. The summed E-state index contributed by atoms with van der Waals surface area (Å²) in [4.78, 5) is 12.6. The molecule has 0 aliphatic rings. The van der Waals surface area contributed by atoms with E-state index in [-0.39, 0.29) is 29.0 Å². The smallest absolute Gasteiger partial charge is 0.339 e. The maximum absolute atomic E-state index is 12.6. The fourth-order valence-electron chi connectivity index (χ4n) is 3.75. The van der Waals surface area contributed by atoms with Gasteiger partial charge in [0.05, 0.1) is 0 Å². The molecule has 0 fully saturated rings. The Bertz CT molecular complexity index is 1220. The van der Waals surface area contributed by atoms with Crippen molar-refractivity contribution >= 4 is 16.1 Å². The first-order valence-corrected chi connectivity index (χ1v) is 13.5. The van der Waals surface area contributed by atoms with Gasteiger partial charge in [-0.15, -0.1) is 0 Å². The highest BCUT2D eigenvalue weighted by Gasteiger charge is 2.21. The highest BCUT2D eigenvalue weighted by Crippen LogP contribution is 2.22. The van der Waals surface area contributed by atoms with Crippen LogP contribution in [-0.2, 0) is 32.6 Å². The van der Waals surface area contributed by atoms with E-state index in [0.717, 1.165) is 11.1 Å². The standard InChI is InChI=1S/C29H35NO5S/c1-22-10-16-27(17-11-22)36(32,33)35-26-14-12-23(13-15-26)18-25(19-28(31)34-29(2,3)4)21-30-20-24-8-6-5-7-9-24/h5-17,25,30H,18-21H2,1-4H3. The number of carbonyl (C=O) groups is 1. The van der Waals surface area contributed by atoms with E-state index in [2.05, 4.69) is 17.4 Å². The van der Waals surface area contributed by atoms with Crippen LogP contribution in [0, 0.1) is 12.8 Å². The first kappa shape index (κ1) is 27.4. The van der Waals surface area contributed by atoms with E-state index >= 15 is 0 Å². The molecule has 7 heteroatoms. The summed E-state index contributed by atoms with van der Waals surface area (Å²) in [7, 11) is -3.91. The Morgan fingerprint density at radius 2 is 1.53 bits per heavy atom. The van der Waals surface area contributed by atoms with Crippen LogP contribution in [0.5, 0.6) is 5.75 Å². The summed E-state index contributed by atoms with van der Waals surface area (Å²) < 4.78 is 36.0. The number of rotatable bonds is 11. The Labute approximate surface area is 214 Å². The number of hydrogen-bond donors (Lipinski definition) is 1. The normalized spacial score (nSPS) is 12.7. The second-order valence-electron chi connectivity index (χ2n) is 9.97. The van der Waals surface area contributed by atoms with Crippen molar-refractivity contribution in [3.05, 3.63) is 95.6 Å². The van der Waals surface area contributed by atoms with E-state index in [9.17, 15) is 13.2 Å². The molecule has 0 heterocycles. The fourth-order valence-corrected chi connectivity index (χ4v) is 4.68. The molecule has 0 bridgehead atoms. The van der Waals surface area contributed by atoms with E-state index in [1.54, 1.807) is 24.3 Å². The van der Waals surface area contributed by atoms with E-state index in [1.807, 2.05) is 58.0 Å². The largest absolute Gasteiger partial charge is 0.460 e. The molecule has 0 spiro atoms. The van der Waals surface area contributed by atoms with Gasteiger partial charge in [0.15, 0.2) is 0 Å². The molecule has 1 unspecified atom stereocenters. The first-order valence-electron chi connectivity index (χ1n) is 12.1. The van der Waals surface area contributed by atoms with Gasteiger partial charge in [-0.05, 0) is 82.0 Å². The zero-order valence-corrected chi connectivity index (χ0v) is 22.2.